The highest BCUT2D eigenvalue weighted by Gasteiger charge is 2.15. The van der Waals surface area contributed by atoms with Crippen LogP contribution in [0.5, 0.6) is 0 Å². The number of carbonyl (C=O) groups is 2. The van der Waals surface area contributed by atoms with Gasteiger partial charge in [-0.05, 0) is 24.6 Å². The van der Waals surface area contributed by atoms with Gasteiger partial charge in [-0.2, -0.15) is 0 Å². The van der Waals surface area contributed by atoms with Gasteiger partial charge < -0.3 is 10.1 Å². The number of hydrogen-bond acceptors (Lipinski definition) is 7. The number of amides is 1. The molecule has 0 aliphatic heterocycles. The number of ether oxygens (including phenoxy) is 1. The van der Waals surface area contributed by atoms with Crippen molar-refractivity contribution in [2.24, 2.45) is 0 Å². The molecule has 1 aromatic carbocycles. The zero-order valence-corrected chi connectivity index (χ0v) is 17.1. The molecule has 0 fully saturated rings. The Morgan fingerprint density at radius 1 is 1.28 bits per heavy atom. The second-order valence-corrected chi connectivity index (χ2v) is 7.26. The standard InChI is InChI=1S/C18H18ClN5O4S/c1-2-28-15(26)9-21-14(25)10-24-18(27)23-8-7-20-17(16(23)22-24)29-11-12-3-5-13(19)6-4-12/h3-8H,2,9-11H2,1H3,(H,21,25). The molecule has 0 spiro atoms. The maximum absolute atomic E-state index is 12.5. The quantitative estimate of drug-likeness (QED) is 0.422. The van der Waals surface area contributed by atoms with E-state index in [1.807, 2.05) is 12.1 Å². The molecule has 2 heterocycles. The first-order valence-electron chi connectivity index (χ1n) is 8.71. The summed E-state index contributed by atoms with van der Waals surface area (Å²) in [5, 5.41) is 7.84. The number of rotatable bonds is 8. The monoisotopic (exact) mass is 435 g/mol. The smallest absolute Gasteiger partial charge is 0.350 e. The van der Waals surface area contributed by atoms with Gasteiger partial charge in [0.05, 0.1) is 6.61 Å². The first kappa shape index (κ1) is 20.9. The largest absolute Gasteiger partial charge is 0.465 e. The van der Waals surface area contributed by atoms with E-state index in [4.69, 9.17) is 16.3 Å². The van der Waals surface area contributed by atoms with E-state index in [9.17, 15) is 14.4 Å². The SMILES string of the molecule is CCOC(=O)CNC(=O)Cn1nc2c(SCc3ccc(Cl)cc3)nccn2c1=O. The summed E-state index contributed by atoms with van der Waals surface area (Å²) >= 11 is 7.31. The van der Waals surface area contributed by atoms with Gasteiger partial charge in [-0.3, -0.25) is 9.59 Å². The van der Waals surface area contributed by atoms with Gasteiger partial charge in [0.15, 0.2) is 5.65 Å². The van der Waals surface area contributed by atoms with Crippen LogP contribution < -0.4 is 11.0 Å². The van der Waals surface area contributed by atoms with Gasteiger partial charge in [0.1, 0.15) is 18.1 Å². The minimum absolute atomic E-state index is 0.226. The number of carbonyl (C=O) groups excluding carboxylic acids is 2. The summed E-state index contributed by atoms with van der Waals surface area (Å²) in [6.07, 6.45) is 3.00. The van der Waals surface area contributed by atoms with Crippen LogP contribution >= 0.6 is 23.4 Å². The summed E-state index contributed by atoms with van der Waals surface area (Å²) in [5.41, 5.74) is 0.931. The van der Waals surface area contributed by atoms with Crippen molar-refractivity contribution in [2.75, 3.05) is 13.2 Å². The third kappa shape index (κ3) is 5.36. The second kappa shape index (κ2) is 9.57. The number of fused-ring (bicyclic) bond motifs is 1. The lowest BCUT2D eigenvalue weighted by Crippen LogP contribution is -2.36. The van der Waals surface area contributed by atoms with Crippen LogP contribution in [0.15, 0.2) is 46.5 Å². The second-order valence-electron chi connectivity index (χ2n) is 5.86. The molecular weight excluding hydrogens is 418 g/mol. The lowest BCUT2D eigenvalue weighted by atomic mass is 10.2. The molecular formula is C18H18ClN5O4S. The average Bonchev–Trinajstić information content (AvgIpc) is 3.02. The molecule has 0 saturated heterocycles. The number of aromatic nitrogens is 4. The Morgan fingerprint density at radius 3 is 2.76 bits per heavy atom. The maximum atomic E-state index is 12.5. The molecule has 1 amide bonds. The van der Waals surface area contributed by atoms with E-state index in [2.05, 4.69) is 15.4 Å². The number of nitrogens with one attached hydrogen (secondary N) is 1. The van der Waals surface area contributed by atoms with Crippen LogP contribution in [0.3, 0.4) is 0 Å². The molecule has 11 heteroatoms. The van der Waals surface area contributed by atoms with E-state index in [1.54, 1.807) is 19.1 Å². The molecule has 0 atom stereocenters. The Bertz CT molecular complexity index is 1080. The third-order valence-electron chi connectivity index (χ3n) is 3.79. The van der Waals surface area contributed by atoms with Gasteiger partial charge in [0, 0.05) is 23.2 Å². The number of halogens is 1. The van der Waals surface area contributed by atoms with Crippen molar-refractivity contribution in [1.29, 1.82) is 0 Å². The fraction of sp³-hybridized carbons (Fsp3) is 0.278. The van der Waals surface area contributed by atoms with Gasteiger partial charge in [0.25, 0.3) is 0 Å². The van der Waals surface area contributed by atoms with Crippen molar-refractivity contribution in [3.05, 3.63) is 57.7 Å². The van der Waals surface area contributed by atoms with Crippen LogP contribution in [0, 0.1) is 0 Å². The van der Waals surface area contributed by atoms with E-state index < -0.39 is 17.6 Å². The zero-order chi connectivity index (χ0) is 20.8. The molecule has 29 heavy (non-hydrogen) atoms. The summed E-state index contributed by atoms with van der Waals surface area (Å²) < 4.78 is 7.10. The molecule has 0 bridgehead atoms. The van der Waals surface area contributed by atoms with Crippen molar-refractivity contribution in [3.63, 3.8) is 0 Å². The summed E-state index contributed by atoms with van der Waals surface area (Å²) in [7, 11) is 0. The highest BCUT2D eigenvalue weighted by molar-refractivity contribution is 7.98. The normalized spacial score (nSPS) is 10.8. The van der Waals surface area contributed by atoms with Crippen molar-refractivity contribution < 1.29 is 14.3 Å². The Morgan fingerprint density at radius 2 is 2.03 bits per heavy atom. The third-order valence-corrected chi connectivity index (χ3v) is 5.08. The Balaban J connectivity index is 1.72. The fourth-order valence-corrected chi connectivity index (χ4v) is 3.46. The van der Waals surface area contributed by atoms with Crippen LogP contribution in [0.4, 0.5) is 0 Å². The van der Waals surface area contributed by atoms with Gasteiger partial charge in [-0.15, -0.1) is 5.10 Å². The fourth-order valence-electron chi connectivity index (χ4n) is 2.44. The van der Waals surface area contributed by atoms with Crippen molar-refractivity contribution in [2.45, 2.75) is 24.2 Å². The van der Waals surface area contributed by atoms with Gasteiger partial charge in [0.2, 0.25) is 5.91 Å². The van der Waals surface area contributed by atoms with Gasteiger partial charge >= 0.3 is 11.7 Å². The Hall–Kier alpha value is -2.85. The molecule has 3 aromatic rings. The minimum Gasteiger partial charge on any atom is -0.465 e. The van der Waals surface area contributed by atoms with Crippen LogP contribution in [-0.4, -0.2) is 44.2 Å². The summed E-state index contributed by atoms with van der Waals surface area (Å²) in [4.78, 5) is 40.1. The van der Waals surface area contributed by atoms with Crippen LogP contribution in [0.2, 0.25) is 5.02 Å². The first-order valence-corrected chi connectivity index (χ1v) is 10.1. The van der Waals surface area contributed by atoms with Gasteiger partial charge in [-0.1, -0.05) is 35.5 Å². The Labute approximate surface area is 175 Å². The van der Waals surface area contributed by atoms with Crippen molar-refractivity contribution in [3.8, 4) is 0 Å². The van der Waals surface area contributed by atoms with Crippen LogP contribution in [0.1, 0.15) is 12.5 Å². The zero-order valence-electron chi connectivity index (χ0n) is 15.5. The molecule has 0 saturated carbocycles. The highest BCUT2D eigenvalue weighted by atomic mass is 35.5. The predicted octanol–water partition coefficient (Wildman–Crippen LogP) is 1.52. The minimum atomic E-state index is -0.548. The molecule has 3 rings (SSSR count). The summed E-state index contributed by atoms with van der Waals surface area (Å²) in [5.74, 6) is -0.453. The number of nitrogens with zero attached hydrogens (tertiary/aromatic N) is 4. The first-order chi connectivity index (χ1) is 14.0. The average molecular weight is 436 g/mol. The van der Waals surface area contributed by atoms with E-state index >= 15 is 0 Å². The van der Waals surface area contributed by atoms with E-state index in [0.29, 0.717) is 21.4 Å². The van der Waals surface area contributed by atoms with Crippen molar-refractivity contribution in [1.82, 2.24) is 24.5 Å². The summed E-state index contributed by atoms with van der Waals surface area (Å²) in [6, 6.07) is 7.43. The van der Waals surface area contributed by atoms with Gasteiger partial charge in [-0.25, -0.2) is 18.9 Å². The molecule has 0 unspecified atom stereocenters. The number of thioether (sulfide) groups is 1. The van der Waals surface area contributed by atoms with Crippen LogP contribution in [-0.2, 0) is 26.6 Å². The molecule has 0 radical (unpaired) electrons. The van der Waals surface area contributed by atoms with E-state index in [-0.39, 0.29) is 19.7 Å². The molecule has 2 aromatic heterocycles. The summed E-state index contributed by atoms with van der Waals surface area (Å²) in [6.45, 7) is 1.32. The molecule has 1 N–H and O–H groups in total. The lowest BCUT2D eigenvalue weighted by Gasteiger charge is -2.04. The highest BCUT2D eigenvalue weighted by Crippen LogP contribution is 2.24. The predicted molar refractivity (Wildman–Crippen MR) is 108 cm³/mol. The maximum Gasteiger partial charge on any atom is 0.350 e. The lowest BCUT2D eigenvalue weighted by molar-refractivity contribution is -0.143. The molecule has 0 aliphatic carbocycles. The van der Waals surface area contributed by atoms with Crippen LogP contribution in [0.25, 0.3) is 5.65 Å². The molecule has 0 aliphatic rings. The topological polar surface area (TPSA) is 108 Å². The van der Waals surface area contributed by atoms with E-state index in [1.165, 1.54) is 28.6 Å². The number of esters is 1. The van der Waals surface area contributed by atoms with Crippen molar-refractivity contribution >= 4 is 40.9 Å². The van der Waals surface area contributed by atoms with E-state index in [0.717, 1.165) is 10.2 Å². The molecule has 152 valence electrons. The Kier molecular flexibility index (Phi) is 6.89. The molecule has 9 nitrogen and oxygen atoms in total. The number of hydrogen-bond donors (Lipinski definition) is 1. The number of benzene rings is 1.